The lowest BCUT2D eigenvalue weighted by atomic mass is 9.73. The van der Waals surface area contributed by atoms with Crippen LogP contribution in [-0.2, 0) is 4.79 Å². The molecule has 1 amide bonds. The Morgan fingerprint density at radius 2 is 2.14 bits per heavy atom. The molecule has 0 radical (unpaired) electrons. The first kappa shape index (κ1) is 15.9. The van der Waals surface area contributed by atoms with Crippen LogP contribution in [0, 0.1) is 11.7 Å². The molecule has 6 heteroatoms. The third-order valence-corrected chi connectivity index (χ3v) is 4.84. The smallest absolute Gasteiger partial charge is 0.329 e. The molecule has 1 aliphatic rings. The normalized spacial score (nSPS) is 25.4. The number of carboxylic acid groups (broad SMARTS) is 1. The standard InChI is InChI=1S/C15H17BrFNO3/c1-9-4-2-3-7-15(9,14(20)21)18-13(19)10-5-6-11(16)12(17)8-10/h5-6,8-9H,2-4,7H2,1H3,(H,18,19)(H,20,21). The number of carbonyl (C=O) groups is 2. The molecule has 0 spiro atoms. The SMILES string of the molecule is CC1CCCCC1(NC(=O)c1ccc(Br)c(F)c1)C(=O)O. The van der Waals surface area contributed by atoms with E-state index >= 15 is 0 Å². The van der Waals surface area contributed by atoms with Crippen LogP contribution in [0.1, 0.15) is 43.0 Å². The summed E-state index contributed by atoms with van der Waals surface area (Å²) in [6, 6.07) is 4.00. The van der Waals surface area contributed by atoms with Crippen molar-refractivity contribution in [3.63, 3.8) is 0 Å². The highest BCUT2D eigenvalue weighted by molar-refractivity contribution is 9.10. The molecule has 0 heterocycles. The Morgan fingerprint density at radius 1 is 1.43 bits per heavy atom. The van der Waals surface area contributed by atoms with Crippen LogP contribution in [0.2, 0.25) is 0 Å². The molecule has 1 fully saturated rings. The van der Waals surface area contributed by atoms with Crippen molar-refractivity contribution in [2.75, 3.05) is 0 Å². The summed E-state index contributed by atoms with van der Waals surface area (Å²) in [6.45, 7) is 1.83. The van der Waals surface area contributed by atoms with E-state index in [1.807, 2.05) is 6.92 Å². The first-order chi connectivity index (χ1) is 9.86. The molecule has 0 aromatic heterocycles. The summed E-state index contributed by atoms with van der Waals surface area (Å²) in [5.74, 6) is -2.30. The molecule has 2 atom stereocenters. The summed E-state index contributed by atoms with van der Waals surface area (Å²) >= 11 is 3.02. The average molecular weight is 358 g/mol. The van der Waals surface area contributed by atoms with Crippen LogP contribution in [0.3, 0.4) is 0 Å². The van der Waals surface area contributed by atoms with E-state index in [1.165, 1.54) is 12.1 Å². The van der Waals surface area contributed by atoms with Gasteiger partial charge in [0.2, 0.25) is 0 Å². The summed E-state index contributed by atoms with van der Waals surface area (Å²) < 4.78 is 13.8. The van der Waals surface area contributed by atoms with Crippen LogP contribution in [0.25, 0.3) is 0 Å². The quantitative estimate of drug-likeness (QED) is 0.871. The lowest BCUT2D eigenvalue weighted by Gasteiger charge is -2.39. The second-order valence-corrected chi connectivity index (χ2v) is 6.36. The third-order valence-electron chi connectivity index (χ3n) is 4.20. The number of benzene rings is 1. The van der Waals surface area contributed by atoms with Crippen molar-refractivity contribution in [1.82, 2.24) is 5.32 Å². The van der Waals surface area contributed by atoms with Gasteiger partial charge in [-0.2, -0.15) is 0 Å². The van der Waals surface area contributed by atoms with E-state index in [2.05, 4.69) is 21.2 Å². The summed E-state index contributed by atoms with van der Waals surface area (Å²) in [7, 11) is 0. The Bertz CT molecular complexity index is 578. The molecular formula is C15H17BrFNO3. The molecular weight excluding hydrogens is 341 g/mol. The van der Waals surface area contributed by atoms with Crippen LogP contribution in [0.15, 0.2) is 22.7 Å². The highest BCUT2D eigenvalue weighted by atomic mass is 79.9. The Labute approximate surface area is 130 Å². The second kappa shape index (κ2) is 6.13. The van der Waals surface area contributed by atoms with Crippen LogP contribution in [-0.4, -0.2) is 22.5 Å². The fraction of sp³-hybridized carbons (Fsp3) is 0.467. The van der Waals surface area contributed by atoms with Gasteiger partial charge in [-0.15, -0.1) is 0 Å². The van der Waals surface area contributed by atoms with Crippen LogP contribution in [0.4, 0.5) is 4.39 Å². The highest BCUT2D eigenvalue weighted by Gasteiger charge is 2.46. The molecule has 21 heavy (non-hydrogen) atoms. The molecule has 2 N–H and O–H groups in total. The maximum absolute atomic E-state index is 13.5. The van der Waals surface area contributed by atoms with Gasteiger partial charge in [0.15, 0.2) is 0 Å². The molecule has 1 aromatic carbocycles. The number of hydrogen-bond donors (Lipinski definition) is 2. The van der Waals surface area contributed by atoms with Gasteiger partial charge in [0.25, 0.3) is 5.91 Å². The molecule has 4 nitrogen and oxygen atoms in total. The van der Waals surface area contributed by atoms with Crippen molar-refractivity contribution in [3.8, 4) is 0 Å². The van der Waals surface area contributed by atoms with Crippen LogP contribution in [0.5, 0.6) is 0 Å². The monoisotopic (exact) mass is 357 g/mol. The van der Waals surface area contributed by atoms with Crippen molar-refractivity contribution in [3.05, 3.63) is 34.1 Å². The maximum Gasteiger partial charge on any atom is 0.329 e. The van der Waals surface area contributed by atoms with Gasteiger partial charge in [-0.25, -0.2) is 9.18 Å². The van der Waals surface area contributed by atoms with Gasteiger partial charge in [0, 0.05) is 5.56 Å². The molecule has 2 rings (SSSR count). The fourth-order valence-electron chi connectivity index (χ4n) is 2.82. The van der Waals surface area contributed by atoms with E-state index in [4.69, 9.17) is 0 Å². The van der Waals surface area contributed by atoms with E-state index in [-0.39, 0.29) is 16.0 Å². The van der Waals surface area contributed by atoms with Gasteiger partial charge in [0.1, 0.15) is 11.4 Å². The van der Waals surface area contributed by atoms with Crippen LogP contribution < -0.4 is 5.32 Å². The van der Waals surface area contributed by atoms with Gasteiger partial charge in [-0.05, 0) is 52.9 Å². The molecule has 114 valence electrons. The zero-order chi connectivity index (χ0) is 15.6. The number of halogens is 2. The summed E-state index contributed by atoms with van der Waals surface area (Å²) in [6.07, 6.45) is 2.86. The average Bonchev–Trinajstić information content (AvgIpc) is 2.44. The zero-order valence-electron chi connectivity index (χ0n) is 11.7. The summed E-state index contributed by atoms with van der Waals surface area (Å²) in [5.41, 5.74) is -1.15. The predicted molar refractivity (Wildman–Crippen MR) is 79.6 cm³/mol. The lowest BCUT2D eigenvalue weighted by Crippen LogP contribution is -2.60. The number of amides is 1. The molecule has 1 saturated carbocycles. The number of carbonyl (C=O) groups excluding carboxylic acids is 1. The number of rotatable bonds is 3. The number of hydrogen-bond acceptors (Lipinski definition) is 2. The van der Waals surface area contributed by atoms with E-state index in [0.29, 0.717) is 6.42 Å². The third kappa shape index (κ3) is 3.10. The van der Waals surface area contributed by atoms with Crippen molar-refractivity contribution < 1.29 is 19.1 Å². The van der Waals surface area contributed by atoms with E-state index in [0.717, 1.165) is 25.3 Å². The van der Waals surface area contributed by atoms with Crippen LogP contribution >= 0.6 is 15.9 Å². The van der Waals surface area contributed by atoms with Gasteiger partial charge >= 0.3 is 5.97 Å². The Morgan fingerprint density at radius 3 is 2.71 bits per heavy atom. The second-order valence-electron chi connectivity index (χ2n) is 5.51. The molecule has 0 saturated heterocycles. The molecule has 0 aliphatic heterocycles. The molecule has 1 aromatic rings. The van der Waals surface area contributed by atoms with Crippen molar-refractivity contribution in [1.29, 1.82) is 0 Å². The minimum absolute atomic E-state index is 0.120. The lowest BCUT2D eigenvalue weighted by molar-refractivity contribution is -0.148. The van der Waals surface area contributed by atoms with Gasteiger partial charge in [-0.3, -0.25) is 4.79 Å². The first-order valence-corrected chi connectivity index (χ1v) is 7.67. The largest absolute Gasteiger partial charge is 0.479 e. The summed E-state index contributed by atoms with van der Waals surface area (Å²) in [4.78, 5) is 24.0. The van der Waals surface area contributed by atoms with E-state index in [9.17, 15) is 19.1 Å². The Kier molecular flexibility index (Phi) is 4.66. The zero-order valence-corrected chi connectivity index (χ0v) is 13.2. The minimum Gasteiger partial charge on any atom is -0.479 e. The molecule has 1 aliphatic carbocycles. The first-order valence-electron chi connectivity index (χ1n) is 6.88. The number of aliphatic carboxylic acids is 1. The van der Waals surface area contributed by atoms with Crippen molar-refractivity contribution in [2.24, 2.45) is 5.92 Å². The maximum atomic E-state index is 13.5. The van der Waals surface area contributed by atoms with Gasteiger partial charge in [-0.1, -0.05) is 19.8 Å². The van der Waals surface area contributed by atoms with Crippen molar-refractivity contribution in [2.45, 2.75) is 38.1 Å². The topological polar surface area (TPSA) is 66.4 Å². The van der Waals surface area contributed by atoms with E-state index in [1.54, 1.807) is 0 Å². The fourth-order valence-corrected chi connectivity index (χ4v) is 3.06. The van der Waals surface area contributed by atoms with Gasteiger partial charge in [0.05, 0.1) is 4.47 Å². The number of nitrogens with one attached hydrogen (secondary N) is 1. The minimum atomic E-state index is -1.26. The van der Waals surface area contributed by atoms with E-state index < -0.39 is 23.2 Å². The molecule has 2 unspecified atom stereocenters. The molecule has 0 bridgehead atoms. The van der Waals surface area contributed by atoms with Crippen molar-refractivity contribution >= 4 is 27.8 Å². The highest BCUT2D eigenvalue weighted by Crippen LogP contribution is 2.34. The van der Waals surface area contributed by atoms with Gasteiger partial charge < -0.3 is 10.4 Å². The Hall–Kier alpha value is -1.43. The predicted octanol–water partition coefficient (Wildman–Crippen LogP) is 3.35. The Balaban J connectivity index is 2.26. The summed E-state index contributed by atoms with van der Waals surface area (Å²) in [5, 5.41) is 12.2. The number of carboxylic acids is 1.